The molecule has 0 unspecified atom stereocenters. The number of benzene rings is 1. The summed E-state index contributed by atoms with van der Waals surface area (Å²) >= 11 is 1.72. The Labute approximate surface area is 116 Å². The topological polar surface area (TPSA) is 12.9 Å². The second-order valence-electron chi connectivity index (χ2n) is 4.20. The maximum absolute atomic E-state index is 4.44. The third-order valence-electron chi connectivity index (χ3n) is 3.02. The third kappa shape index (κ3) is 2.35. The zero-order valence-electron chi connectivity index (χ0n) is 10.4. The lowest BCUT2D eigenvalue weighted by Crippen LogP contribution is -1.82. The Hall–Kier alpha value is -2.19. The highest BCUT2D eigenvalue weighted by atomic mass is 32.1. The van der Waals surface area contributed by atoms with Crippen LogP contribution in [0, 0.1) is 0 Å². The van der Waals surface area contributed by atoms with Crippen LogP contribution in [-0.2, 0) is 0 Å². The molecule has 0 saturated carbocycles. The molecule has 0 fully saturated rings. The monoisotopic (exact) mass is 263 g/mol. The van der Waals surface area contributed by atoms with Gasteiger partial charge in [0.1, 0.15) is 0 Å². The van der Waals surface area contributed by atoms with Crippen LogP contribution in [-0.4, -0.2) is 4.98 Å². The maximum atomic E-state index is 4.44. The molecule has 0 amide bonds. The fraction of sp³-hybridized carbons (Fsp3) is 0. The first-order valence-electron chi connectivity index (χ1n) is 6.10. The van der Waals surface area contributed by atoms with E-state index in [1.165, 1.54) is 16.0 Å². The number of hydrogen-bond acceptors (Lipinski definition) is 2. The van der Waals surface area contributed by atoms with E-state index in [1.54, 1.807) is 11.3 Å². The van der Waals surface area contributed by atoms with Crippen LogP contribution >= 0.6 is 11.3 Å². The normalized spacial score (nSPS) is 10.3. The van der Waals surface area contributed by atoms with Gasteiger partial charge in [-0.15, -0.1) is 11.3 Å². The minimum atomic E-state index is 1.03. The van der Waals surface area contributed by atoms with Gasteiger partial charge in [0.2, 0.25) is 0 Å². The molecular weight excluding hydrogens is 250 g/mol. The molecule has 0 radical (unpaired) electrons. The summed E-state index contributed by atoms with van der Waals surface area (Å²) in [5.41, 5.74) is 4.62. The molecule has 0 atom stereocenters. The molecule has 0 aliphatic rings. The van der Waals surface area contributed by atoms with Gasteiger partial charge in [-0.3, -0.25) is 4.98 Å². The Morgan fingerprint density at radius 1 is 1.00 bits per heavy atom. The van der Waals surface area contributed by atoms with Crippen LogP contribution in [0.3, 0.4) is 0 Å². The van der Waals surface area contributed by atoms with E-state index in [2.05, 4.69) is 47.3 Å². The molecule has 3 aromatic rings. The summed E-state index contributed by atoms with van der Waals surface area (Å²) in [5, 5.41) is 2.11. The smallest absolute Gasteiger partial charge is 0.0807 e. The molecule has 0 saturated heterocycles. The average Bonchev–Trinajstić information content (AvgIpc) is 2.98. The lowest BCUT2D eigenvalue weighted by Gasteiger charge is -2.04. The van der Waals surface area contributed by atoms with Gasteiger partial charge in [0.15, 0.2) is 0 Å². The van der Waals surface area contributed by atoms with Gasteiger partial charge in [0.05, 0.1) is 10.6 Å². The summed E-state index contributed by atoms with van der Waals surface area (Å²) in [7, 11) is 0. The van der Waals surface area contributed by atoms with Crippen molar-refractivity contribution in [1.82, 2.24) is 4.98 Å². The second-order valence-corrected chi connectivity index (χ2v) is 5.12. The molecule has 19 heavy (non-hydrogen) atoms. The van der Waals surface area contributed by atoms with E-state index in [-0.39, 0.29) is 0 Å². The number of nitrogens with zero attached hydrogens (tertiary/aromatic N) is 1. The molecule has 2 aromatic heterocycles. The van der Waals surface area contributed by atoms with Gasteiger partial charge >= 0.3 is 0 Å². The third-order valence-corrected chi connectivity index (χ3v) is 3.96. The van der Waals surface area contributed by atoms with E-state index >= 15 is 0 Å². The molecular formula is C17H13NS. The maximum Gasteiger partial charge on any atom is 0.0807 e. The van der Waals surface area contributed by atoms with Crippen molar-refractivity contribution in [1.29, 1.82) is 0 Å². The molecule has 3 rings (SSSR count). The van der Waals surface area contributed by atoms with E-state index in [0.29, 0.717) is 0 Å². The molecule has 0 aliphatic carbocycles. The summed E-state index contributed by atoms with van der Waals surface area (Å²) in [6.45, 7) is 3.78. The van der Waals surface area contributed by atoms with Crippen molar-refractivity contribution in [2.45, 2.75) is 0 Å². The minimum Gasteiger partial charge on any atom is -0.255 e. The van der Waals surface area contributed by atoms with Crippen molar-refractivity contribution in [3.8, 4) is 21.7 Å². The van der Waals surface area contributed by atoms with Gasteiger partial charge < -0.3 is 0 Å². The summed E-state index contributed by atoms with van der Waals surface area (Å²) in [5.74, 6) is 0. The van der Waals surface area contributed by atoms with Crippen molar-refractivity contribution >= 4 is 17.4 Å². The molecule has 2 heterocycles. The lowest BCUT2D eigenvalue weighted by atomic mass is 10.0. The van der Waals surface area contributed by atoms with Crippen LogP contribution in [0.2, 0.25) is 0 Å². The second kappa shape index (κ2) is 5.21. The Bertz CT molecular complexity index is 681. The van der Waals surface area contributed by atoms with Gasteiger partial charge in [0, 0.05) is 11.8 Å². The van der Waals surface area contributed by atoms with Crippen LogP contribution in [0.15, 0.2) is 66.7 Å². The first-order valence-corrected chi connectivity index (χ1v) is 6.98. The van der Waals surface area contributed by atoms with Crippen molar-refractivity contribution < 1.29 is 0 Å². The van der Waals surface area contributed by atoms with Crippen LogP contribution in [0.1, 0.15) is 5.56 Å². The largest absolute Gasteiger partial charge is 0.255 e. The number of hydrogen-bond donors (Lipinski definition) is 0. The Kier molecular flexibility index (Phi) is 3.25. The zero-order valence-corrected chi connectivity index (χ0v) is 11.2. The van der Waals surface area contributed by atoms with Crippen molar-refractivity contribution in [2.75, 3.05) is 0 Å². The first kappa shape index (κ1) is 11.9. The molecule has 1 aromatic carbocycles. The fourth-order valence-electron chi connectivity index (χ4n) is 2.03. The predicted molar refractivity (Wildman–Crippen MR) is 83.1 cm³/mol. The molecule has 1 nitrogen and oxygen atoms in total. The summed E-state index contributed by atoms with van der Waals surface area (Å²) < 4.78 is 0. The highest BCUT2D eigenvalue weighted by Gasteiger charge is 2.09. The predicted octanol–water partition coefficient (Wildman–Crippen LogP) is 5.12. The average molecular weight is 263 g/mol. The Morgan fingerprint density at radius 2 is 1.84 bits per heavy atom. The Balaban J connectivity index is 2.06. The number of thiophene rings is 1. The van der Waals surface area contributed by atoms with Crippen LogP contribution in [0.4, 0.5) is 0 Å². The number of rotatable bonds is 3. The molecule has 0 bridgehead atoms. The lowest BCUT2D eigenvalue weighted by molar-refractivity contribution is 1.34. The molecule has 2 heteroatoms. The minimum absolute atomic E-state index is 1.03. The molecule has 0 spiro atoms. The quantitative estimate of drug-likeness (QED) is 0.639. The Morgan fingerprint density at radius 3 is 2.53 bits per heavy atom. The van der Waals surface area contributed by atoms with Gasteiger partial charge in [-0.1, -0.05) is 43.0 Å². The first-order chi connectivity index (χ1) is 9.38. The number of aromatic nitrogens is 1. The van der Waals surface area contributed by atoms with Gasteiger partial charge in [-0.05, 0) is 34.7 Å². The van der Waals surface area contributed by atoms with E-state index in [9.17, 15) is 0 Å². The molecule has 92 valence electrons. The summed E-state index contributed by atoms with van der Waals surface area (Å²) in [6, 6.07) is 16.6. The highest BCUT2D eigenvalue weighted by molar-refractivity contribution is 7.14. The van der Waals surface area contributed by atoms with E-state index in [1.807, 2.05) is 30.5 Å². The number of pyridine rings is 1. The van der Waals surface area contributed by atoms with Crippen LogP contribution in [0.25, 0.3) is 27.8 Å². The van der Waals surface area contributed by atoms with Crippen molar-refractivity contribution in [2.24, 2.45) is 0 Å². The van der Waals surface area contributed by atoms with E-state index in [0.717, 1.165) is 11.3 Å². The highest BCUT2D eigenvalue weighted by Crippen LogP contribution is 2.35. The summed E-state index contributed by atoms with van der Waals surface area (Å²) in [4.78, 5) is 5.65. The summed E-state index contributed by atoms with van der Waals surface area (Å²) in [6.07, 6.45) is 3.69. The molecule has 0 N–H and O–H groups in total. The van der Waals surface area contributed by atoms with Crippen molar-refractivity contribution in [3.05, 3.63) is 72.3 Å². The van der Waals surface area contributed by atoms with E-state index < -0.39 is 0 Å². The fourth-order valence-corrected chi connectivity index (χ4v) is 2.93. The SMILES string of the molecule is C=Cc1ccc(-c2ccsc2-c2ccccn2)cc1. The van der Waals surface area contributed by atoms with Gasteiger partial charge in [-0.2, -0.15) is 0 Å². The standard InChI is InChI=1S/C17H13NS/c1-2-13-6-8-14(9-7-13)15-10-12-19-17(15)16-5-3-4-11-18-16/h2-12H,1H2. The zero-order chi connectivity index (χ0) is 13.1. The van der Waals surface area contributed by atoms with E-state index in [4.69, 9.17) is 0 Å². The van der Waals surface area contributed by atoms with Gasteiger partial charge in [0.25, 0.3) is 0 Å². The van der Waals surface area contributed by atoms with Crippen molar-refractivity contribution in [3.63, 3.8) is 0 Å². The van der Waals surface area contributed by atoms with Gasteiger partial charge in [-0.25, -0.2) is 0 Å². The van der Waals surface area contributed by atoms with Crippen LogP contribution in [0.5, 0.6) is 0 Å². The van der Waals surface area contributed by atoms with Crippen LogP contribution < -0.4 is 0 Å². The molecule has 0 aliphatic heterocycles.